The predicted octanol–water partition coefficient (Wildman–Crippen LogP) is 4.58. The highest BCUT2D eigenvalue weighted by Gasteiger charge is 2.28. The van der Waals surface area contributed by atoms with Crippen LogP contribution in [0.25, 0.3) is 0 Å². The Balaban J connectivity index is 1.72. The smallest absolute Gasteiger partial charge is 0.0888 e. The first-order chi connectivity index (χ1) is 8.65. The quantitative estimate of drug-likeness (QED) is 0.876. The lowest BCUT2D eigenvalue weighted by atomic mass is 9.75. The normalized spacial score (nSPS) is 19.2. The second-order valence-corrected chi connectivity index (χ2v) is 7.36. The van der Waals surface area contributed by atoms with Crippen molar-refractivity contribution in [2.24, 2.45) is 0 Å². The molecule has 1 aliphatic rings. The summed E-state index contributed by atoms with van der Waals surface area (Å²) in [6.07, 6.45) is 1.61. The zero-order valence-electron chi connectivity index (χ0n) is 10.2. The van der Waals surface area contributed by atoms with Gasteiger partial charge in [0.15, 0.2) is 0 Å². The Hall–Kier alpha value is -0.640. The molecule has 0 bridgehead atoms. The Labute approximate surface area is 120 Å². The fourth-order valence-electron chi connectivity index (χ4n) is 2.61. The topological polar surface area (TPSA) is 20.2 Å². The summed E-state index contributed by atoms with van der Waals surface area (Å²) in [5.41, 5.74) is 4.07. The van der Waals surface area contributed by atoms with Crippen molar-refractivity contribution in [1.82, 2.24) is 0 Å². The highest BCUT2D eigenvalue weighted by atomic mass is 79.9. The number of fused-ring (bicyclic) bond motifs is 1. The van der Waals surface area contributed by atoms with E-state index in [9.17, 15) is 5.11 Å². The first kappa shape index (κ1) is 12.4. The van der Waals surface area contributed by atoms with Gasteiger partial charge in [-0.05, 0) is 64.4 Å². The number of aliphatic hydroxyl groups is 1. The third-order valence-electron chi connectivity index (χ3n) is 3.67. The van der Waals surface area contributed by atoms with E-state index in [1.54, 1.807) is 11.3 Å². The third-order valence-corrected chi connectivity index (χ3v) is 5.91. The van der Waals surface area contributed by atoms with Gasteiger partial charge in [0.25, 0.3) is 0 Å². The number of aryl methyl sites for hydroxylation is 1. The van der Waals surface area contributed by atoms with Gasteiger partial charge in [0.05, 0.1) is 9.89 Å². The molecule has 2 unspecified atom stereocenters. The van der Waals surface area contributed by atoms with E-state index < -0.39 is 0 Å². The van der Waals surface area contributed by atoms with Crippen LogP contribution in [0, 0.1) is 6.92 Å². The van der Waals surface area contributed by atoms with Crippen molar-refractivity contribution >= 4 is 27.3 Å². The molecule has 3 rings (SSSR count). The van der Waals surface area contributed by atoms with Gasteiger partial charge < -0.3 is 5.11 Å². The Morgan fingerprint density at radius 2 is 2.22 bits per heavy atom. The molecule has 0 saturated heterocycles. The van der Waals surface area contributed by atoms with Crippen molar-refractivity contribution in [3.8, 4) is 0 Å². The first-order valence-electron chi connectivity index (χ1n) is 6.17. The fraction of sp³-hybridized carbons (Fsp3) is 0.333. The molecule has 18 heavy (non-hydrogen) atoms. The molecule has 1 nitrogen and oxygen atoms in total. The third kappa shape index (κ3) is 2.15. The minimum Gasteiger partial charge on any atom is -0.388 e. The fourth-order valence-corrected chi connectivity index (χ4v) is 4.18. The SMILES string of the molecule is Cc1cc(C(O)CC2Cc3ccccc32)sc1Br. The molecule has 1 aliphatic carbocycles. The lowest BCUT2D eigenvalue weighted by Crippen LogP contribution is -2.19. The van der Waals surface area contributed by atoms with Gasteiger partial charge in [-0.2, -0.15) is 0 Å². The van der Waals surface area contributed by atoms with Crippen molar-refractivity contribution in [2.45, 2.75) is 31.8 Å². The van der Waals surface area contributed by atoms with E-state index in [4.69, 9.17) is 0 Å². The molecule has 0 fully saturated rings. The molecule has 1 aromatic carbocycles. The maximum Gasteiger partial charge on any atom is 0.0888 e. The molecule has 0 aliphatic heterocycles. The van der Waals surface area contributed by atoms with Crippen LogP contribution in [0.1, 0.15) is 40.0 Å². The van der Waals surface area contributed by atoms with Crippen molar-refractivity contribution in [1.29, 1.82) is 0 Å². The molecule has 0 radical (unpaired) electrons. The van der Waals surface area contributed by atoms with Crippen LogP contribution < -0.4 is 0 Å². The largest absolute Gasteiger partial charge is 0.388 e. The molecular weight excluding hydrogens is 308 g/mol. The molecule has 1 heterocycles. The van der Waals surface area contributed by atoms with Crippen LogP contribution >= 0.6 is 27.3 Å². The summed E-state index contributed by atoms with van der Waals surface area (Å²) in [5, 5.41) is 10.3. The van der Waals surface area contributed by atoms with Gasteiger partial charge in [-0.3, -0.25) is 0 Å². The highest BCUT2D eigenvalue weighted by molar-refractivity contribution is 9.11. The van der Waals surface area contributed by atoms with Gasteiger partial charge in [0, 0.05) is 4.88 Å². The molecule has 2 aromatic rings. The summed E-state index contributed by atoms with van der Waals surface area (Å²) < 4.78 is 1.13. The highest BCUT2D eigenvalue weighted by Crippen LogP contribution is 2.42. The van der Waals surface area contributed by atoms with E-state index in [0.29, 0.717) is 5.92 Å². The van der Waals surface area contributed by atoms with Crippen LogP contribution in [0.4, 0.5) is 0 Å². The van der Waals surface area contributed by atoms with Crippen LogP contribution in [0.5, 0.6) is 0 Å². The van der Waals surface area contributed by atoms with Crippen molar-refractivity contribution < 1.29 is 5.11 Å². The standard InChI is InChI=1S/C15H15BrOS/c1-9-6-14(18-15(9)16)13(17)8-11-7-10-4-2-3-5-12(10)11/h2-6,11,13,17H,7-8H2,1H3. The van der Waals surface area contributed by atoms with Crippen LogP contribution in [-0.2, 0) is 6.42 Å². The molecule has 3 heteroatoms. The Bertz CT molecular complexity index is 556. The summed E-state index contributed by atoms with van der Waals surface area (Å²) in [6.45, 7) is 2.06. The Kier molecular flexibility index (Phi) is 3.31. The monoisotopic (exact) mass is 322 g/mol. The summed E-state index contributed by atoms with van der Waals surface area (Å²) in [5.74, 6) is 0.525. The van der Waals surface area contributed by atoms with Crippen molar-refractivity contribution in [3.05, 3.63) is 55.7 Å². The second-order valence-electron chi connectivity index (χ2n) is 4.96. The average molecular weight is 323 g/mol. The number of thiophene rings is 1. The maximum absolute atomic E-state index is 10.3. The summed E-state index contributed by atoms with van der Waals surface area (Å²) in [4.78, 5) is 1.07. The van der Waals surface area contributed by atoms with Crippen molar-refractivity contribution in [2.75, 3.05) is 0 Å². The van der Waals surface area contributed by atoms with E-state index in [2.05, 4.69) is 53.2 Å². The van der Waals surface area contributed by atoms with E-state index in [-0.39, 0.29) is 6.10 Å². The van der Waals surface area contributed by atoms with Crippen LogP contribution in [0.3, 0.4) is 0 Å². The van der Waals surface area contributed by atoms with Gasteiger partial charge in [0.1, 0.15) is 0 Å². The summed E-state index contributed by atoms with van der Waals surface area (Å²) in [6, 6.07) is 10.6. The summed E-state index contributed by atoms with van der Waals surface area (Å²) >= 11 is 5.16. The number of halogens is 1. The van der Waals surface area contributed by atoms with Gasteiger partial charge >= 0.3 is 0 Å². The van der Waals surface area contributed by atoms with Crippen molar-refractivity contribution in [3.63, 3.8) is 0 Å². The molecule has 94 valence electrons. The number of hydrogen-bond donors (Lipinski definition) is 1. The maximum atomic E-state index is 10.3. The van der Waals surface area contributed by atoms with Gasteiger partial charge in [0.2, 0.25) is 0 Å². The average Bonchev–Trinajstić information content (AvgIpc) is 2.67. The van der Waals surface area contributed by atoms with E-state index in [0.717, 1.165) is 21.5 Å². The lowest BCUT2D eigenvalue weighted by molar-refractivity contribution is 0.157. The van der Waals surface area contributed by atoms with Crippen LogP contribution in [-0.4, -0.2) is 5.11 Å². The molecule has 2 atom stereocenters. The van der Waals surface area contributed by atoms with E-state index >= 15 is 0 Å². The van der Waals surface area contributed by atoms with Gasteiger partial charge in [-0.25, -0.2) is 0 Å². The Morgan fingerprint density at radius 1 is 1.44 bits per heavy atom. The second kappa shape index (κ2) is 4.80. The number of benzene rings is 1. The van der Waals surface area contributed by atoms with Gasteiger partial charge in [-0.15, -0.1) is 11.3 Å². The molecule has 1 N–H and O–H groups in total. The number of hydrogen-bond acceptors (Lipinski definition) is 2. The minimum absolute atomic E-state index is 0.335. The number of rotatable bonds is 3. The molecule has 0 spiro atoms. The number of aliphatic hydroxyl groups excluding tert-OH is 1. The van der Waals surface area contributed by atoms with Crippen LogP contribution in [0.2, 0.25) is 0 Å². The van der Waals surface area contributed by atoms with E-state index in [1.807, 2.05) is 0 Å². The molecule has 1 aromatic heterocycles. The lowest BCUT2D eigenvalue weighted by Gasteiger charge is -2.31. The molecular formula is C15H15BrOS. The minimum atomic E-state index is -0.335. The molecule has 0 amide bonds. The predicted molar refractivity (Wildman–Crippen MR) is 79.2 cm³/mol. The zero-order valence-corrected chi connectivity index (χ0v) is 12.6. The van der Waals surface area contributed by atoms with Crippen LogP contribution in [0.15, 0.2) is 34.1 Å². The zero-order chi connectivity index (χ0) is 12.7. The first-order valence-corrected chi connectivity index (χ1v) is 7.78. The summed E-state index contributed by atoms with van der Waals surface area (Å²) in [7, 11) is 0. The molecule has 0 saturated carbocycles. The van der Waals surface area contributed by atoms with Gasteiger partial charge in [-0.1, -0.05) is 24.3 Å². The Morgan fingerprint density at radius 3 is 2.89 bits per heavy atom. The van der Waals surface area contributed by atoms with E-state index in [1.165, 1.54) is 16.7 Å².